The highest BCUT2D eigenvalue weighted by molar-refractivity contribution is 7.80. The van der Waals surface area contributed by atoms with Gasteiger partial charge in [-0.15, -0.1) is 0 Å². The van der Waals surface area contributed by atoms with Gasteiger partial charge in [0.2, 0.25) is 0 Å². The Kier molecular flexibility index (Phi) is 4.60. The fourth-order valence-corrected chi connectivity index (χ4v) is 1.24. The Balaban J connectivity index is 2.82. The predicted octanol–water partition coefficient (Wildman–Crippen LogP) is 1.51. The van der Waals surface area contributed by atoms with Crippen molar-refractivity contribution in [2.75, 3.05) is 14.2 Å². The molecule has 86 valence electrons. The van der Waals surface area contributed by atoms with Crippen LogP contribution in [0.1, 0.15) is 5.56 Å². The minimum Gasteiger partial charge on any atom is -0.493 e. The average Bonchev–Trinajstić information content (AvgIpc) is 2.28. The number of thiocarbonyl (C=S) groups is 1. The number of hydrogen-bond donors (Lipinski definition) is 2. The van der Waals surface area contributed by atoms with Crippen molar-refractivity contribution in [2.45, 2.75) is 0 Å². The monoisotopic (exact) mass is 238 g/mol. The number of ether oxygens (including phenoxy) is 2. The van der Waals surface area contributed by atoms with E-state index >= 15 is 0 Å². The van der Waals surface area contributed by atoms with Gasteiger partial charge in [-0.2, -0.15) is 0 Å². The topological polar surface area (TPSA) is 56.5 Å². The molecule has 0 saturated carbocycles. The molecule has 1 rings (SSSR count). The average molecular weight is 238 g/mol. The zero-order valence-electron chi connectivity index (χ0n) is 9.19. The summed E-state index contributed by atoms with van der Waals surface area (Å²) in [5.74, 6) is 1.38. The molecule has 5 heteroatoms. The number of nitrogens with two attached hydrogens (primary N) is 1. The first-order valence-corrected chi connectivity index (χ1v) is 5.02. The lowest BCUT2D eigenvalue weighted by Crippen LogP contribution is -2.23. The van der Waals surface area contributed by atoms with E-state index in [1.54, 1.807) is 20.4 Å². The van der Waals surface area contributed by atoms with E-state index in [0.717, 1.165) is 5.56 Å². The van der Waals surface area contributed by atoms with Crippen LogP contribution < -0.4 is 20.5 Å². The van der Waals surface area contributed by atoms with Crippen molar-refractivity contribution in [3.05, 3.63) is 30.0 Å². The van der Waals surface area contributed by atoms with E-state index in [0.29, 0.717) is 11.5 Å². The van der Waals surface area contributed by atoms with E-state index in [2.05, 4.69) is 17.5 Å². The van der Waals surface area contributed by atoms with Gasteiger partial charge in [-0.3, -0.25) is 0 Å². The third-order valence-electron chi connectivity index (χ3n) is 1.91. The highest BCUT2D eigenvalue weighted by atomic mass is 32.1. The van der Waals surface area contributed by atoms with Crippen LogP contribution in [0, 0.1) is 0 Å². The second kappa shape index (κ2) is 5.97. The van der Waals surface area contributed by atoms with Crippen LogP contribution in [0.3, 0.4) is 0 Å². The largest absolute Gasteiger partial charge is 0.493 e. The smallest absolute Gasteiger partial charge is 0.167 e. The third-order valence-corrected chi connectivity index (χ3v) is 2.03. The van der Waals surface area contributed by atoms with E-state index in [1.165, 1.54) is 0 Å². The zero-order chi connectivity index (χ0) is 12.0. The normalized spacial score (nSPS) is 10.1. The van der Waals surface area contributed by atoms with E-state index in [9.17, 15) is 0 Å². The van der Waals surface area contributed by atoms with Gasteiger partial charge >= 0.3 is 0 Å². The Bertz CT molecular complexity index is 405. The van der Waals surface area contributed by atoms with Gasteiger partial charge in [-0.1, -0.05) is 6.07 Å². The lowest BCUT2D eigenvalue weighted by atomic mass is 10.2. The molecule has 0 saturated heterocycles. The SMILES string of the molecule is COc1ccc(C=CNC(N)=S)cc1OC. The first kappa shape index (κ1) is 12.3. The summed E-state index contributed by atoms with van der Waals surface area (Å²) in [7, 11) is 3.19. The van der Waals surface area contributed by atoms with Crippen LogP contribution in [0.15, 0.2) is 24.4 Å². The van der Waals surface area contributed by atoms with E-state index in [-0.39, 0.29) is 5.11 Å². The van der Waals surface area contributed by atoms with Gasteiger partial charge in [-0.05, 0) is 36.0 Å². The number of nitrogens with one attached hydrogen (secondary N) is 1. The molecule has 0 aromatic heterocycles. The van der Waals surface area contributed by atoms with Gasteiger partial charge in [-0.25, -0.2) is 0 Å². The summed E-state index contributed by atoms with van der Waals surface area (Å²) in [4.78, 5) is 0. The first-order valence-electron chi connectivity index (χ1n) is 4.62. The second-order valence-corrected chi connectivity index (χ2v) is 3.40. The van der Waals surface area contributed by atoms with E-state index in [4.69, 9.17) is 15.2 Å². The summed E-state index contributed by atoms with van der Waals surface area (Å²) < 4.78 is 10.3. The van der Waals surface area contributed by atoms with Crippen molar-refractivity contribution in [1.82, 2.24) is 5.32 Å². The summed E-state index contributed by atoms with van der Waals surface area (Å²) >= 11 is 4.67. The molecule has 0 atom stereocenters. The zero-order valence-corrected chi connectivity index (χ0v) is 10.0. The van der Waals surface area contributed by atoms with Crippen molar-refractivity contribution < 1.29 is 9.47 Å². The highest BCUT2D eigenvalue weighted by Crippen LogP contribution is 2.27. The van der Waals surface area contributed by atoms with Crippen molar-refractivity contribution in [1.29, 1.82) is 0 Å². The Morgan fingerprint density at radius 2 is 2.00 bits per heavy atom. The van der Waals surface area contributed by atoms with Gasteiger partial charge in [0.1, 0.15) is 0 Å². The molecule has 0 spiro atoms. The molecular weight excluding hydrogens is 224 g/mol. The van der Waals surface area contributed by atoms with Gasteiger partial charge < -0.3 is 20.5 Å². The molecule has 4 nitrogen and oxygen atoms in total. The number of benzene rings is 1. The number of methoxy groups -OCH3 is 2. The van der Waals surface area contributed by atoms with Crippen molar-refractivity contribution in [3.63, 3.8) is 0 Å². The fourth-order valence-electron chi connectivity index (χ4n) is 1.18. The van der Waals surface area contributed by atoms with Crippen LogP contribution in [-0.2, 0) is 0 Å². The van der Waals surface area contributed by atoms with Gasteiger partial charge in [0, 0.05) is 6.20 Å². The summed E-state index contributed by atoms with van der Waals surface area (Å²) in [5, 5.41) is 2.95. The molecule has 0 aliphatic rings. The Labute approximate surface area is 100 Å². The molecule has 0 bridgehead atoms. The van der Waals surface area contributed by atoms with Crippen LogP contribution >= 0.6 is 12.2 Å². The van der Waals surface area contributed by atoms with E-state index < -0.39 is 0 Å². The standard InChI is InChI=1S/C11H14N2O2S/c1-14-9-4-3-8(7-10(9)15-2)5-6-13-11(12)16/h3-7H,1-2H3,(H3,12,13,16). The van der Waals surface area contributed by atoms with Gasteiger partial charge in [0.05, 0.1) is 14.2 Å². The summed E-state index contributed by atoms with van der Waals surface area (Å²) in [5.41, 5.74) is 6.24. The summed E-state index contributed by atoms with van der Waals surface area (Å²) in [6, 6.07) is 5.59. The molecule has 0 unspecified atom stereocenters. The Hall–Kier alpha value is -1.75. The molecule has 1 aromatic carbocycles. The van der Waals surface area contributed by atoms with E-state index in [1.807, 2.05) is 24.3 Å². The second-order valence-electron chi connectivity index (χ2n) is 2.96. The molecule has 1 aromatic rings. The summed E-state index contributed by atoms with van der Waals surface area (Å²) in [6.07, 6.45) is 3.50. The molecule has 0 fully saturated rings. The maximum absolute atomic E-state index is 5.28. The van der Waals surface area contributed by atoms with Crippen LogP contribution in [0.5, 0.6) is 11.5 Å². The molecule has 16 heavy (non-hydrogen) atoms. The minimum absolute atomic E-state index is 0.233. The fraction of sp³-hybridized carbons (Fsp3) is 0.182. The molecule has 0 radical (unpaired) electrons. The molecule has 0 aliphatic heterocycles. The van der Waals surface area contributed by atoms with Crippen molar-refractivity contribution >= 4 is 23.4 Å². The van der Waals surface area contributed by atoms with Crippen molar-refractivity contribution in [3.8, 4) is 11.5 Å². The maximum Gasteiger partial charge on any atom is 0.167 e. The lowest BCUT2D eigenvalue weighted by Gasteiger charge is -2.07. The molecule has 0 amide bonds. The molecule has 0 aliphatic carbocycles. The third kappa shape index (κ3) is 3.43. The molecular formula is C11H14N2O2S. The number of rotatable bonds is 4. The molecule has 3 N–H and O–H groups in total. The maximum atomic E-state index is 5.28. The lowest BCUT2D eigenvalue weighted by molar-refractivity contribution is 0.355. The minimum atomic E-state index is 0.233. The van der Waals surface area contributed by atoms with Crippen molar-refractivity contribution in [2.24, 2.45) is 5.73 Å². The first-order chi connectivity index (χ1) is 7.67. The quantitative estimate of drug-likeness (QED) is 0.779. The van der Waals surface area contributed by atoms with Crippen LogP contribution in [-0.4, -0.2) is 19.3 Å². The van der Waals surface area contributed by atoms with Gasteiger partial charge in [0.15, 0.2) is 16.6 Å². The predicted molar refractivity (Wildman–Crippen MR) is 68.5 cm³/mol. The summed E-state index contributed by atoms with van der Waals surface area (Å²) in [6.45, 7) is 0. The number of hydrogen-bond acceptors (Lipinski definition) is 3. The van der Waals surface area contributed by atoms with Gasteiger partial charge in [0.25, 0.3) is 0 Å². The Morgan fingerprint density at radius 3 is 2.56 bits per heavy atom. The van der Waals surface area contributed by atoms with Crippen LogP contribution in [0.2, 0.25) is 0 Å². The Morgan fingerprint density at radius 1 is 1.31 bits per heavy atom. The molecule has 0 heterocycles. The van der Waals surface area contributed by atoms with Crippen LogP contribution in [0.25, 0.3) is 6.08 Å². The highest BCUT2D eigenvalue weighted by Gasteiger charge is 2.02. The van der Waals surface area contributed by atoms with Crippen LogP contribution in [0.4, 0.5) is 0 Å².